The number of nitrogens with zero attached hydrogens (tertiary/aromatic N) is 2. The molecular weight excluding hydrogens is 757 g/mol. The summed E-state index contributed by atoms with van der Waals surface area (Å²) in [7, 11) is -2.92. The average molecular weight is 811 g/mol. The van der Waals surface area contributed by atoms with Gasteiger partial charge in [0.25, 0.3) is 0 Å². The Kier molecular flexibility index (Phi) is 8.80. The van der Waals surface area contributed by atoms with Crippen molar-refractivity contribution in [3.05, 3.63) is 180 Å². The molecule has 0 aliphatic heterocycles. The van der Waals surface area contributed by atoms with Crippen molar-refractivity contribution < 1.29 is 0 Å². The van der Waals surface area contributed by atoms with Crippen molar-refractivity contribution in [2.75, 3.05) is 4.90 Å². The normalized spacial score (nSPS) is 13.6. The molecule has 0 spiro atoms. The Bertz CT molecular complexity index is 3070. The summed E-state index contributed by atoms with van der Waals surface area (Å²) in [5.74, 6) is 0. The van der Waals surface area contributed by atoms with Crippen LogP contribution in [0.25, 0.3) is 60.5 Å². The summed E-state index contributed by atoms with van der Waals surface area (Å²) in [4.78, 5) is 2.47. The van der Waals surface area contributed by atoms with Crippen molar-refractivity contribution >= 4 is 76.2 Å². The predicted molar refractivity (Wildman–Crippen MR) is 267 cm³/mol. The first kappa shape index (κ1) is 38.3. The molecule has 296 valence electrons. The molecule has 10 rings (SSSR count). The van der Waals surface area contributed by atoms with Gasteiger partial charge in [-0.25, -0.2) is 0 Å². The number of aromatic nitrogens is 1. The summed E-state index contributed by atoms with van der Waals surface area (Å²) >= 11 is 0. The Balaban J connectivity index is 1.16. The van der Waals surface area contributed by atoms with E-state index >= 15 is 0 Å². The van der Waals surface area contributed by atoms with Gasteiger partial charge in [0, 0.05) is 38.6 Å². The van der Waals surface area contributed by atoms with E-state index in [2.05, 4.69) is 233 Å². The molecule has 0 atom stereocenters. The van der Waals surface area contributed by atoms with Crippen LogP contribution in [-0.4, -0.2) is 20.7 Å². The highest BCUT2D eigenvalue weighted by Crippen LogP contribution is 2.54. The third-order valence-electron chi connectivity index (χ3n) is 13.2. The minimum atomic E-state index is -1.46. The Morgan fingerprint density at radius 3 is 1.62 bits per heavy atom. The van der Waals surface area contributed by atoms with Gasteiger partial charge in [-0.1, -0.05) is 166 Å². The number of aryl methyl sites for hydroxylation is 1. The third-order valence-corrected chi connectivity index (χ3v) is 17.3. The SMILES string of the molecule is Cc1ccc2c(c1)c1cc(-c3ccccc3)ccc1n2-c1cc2c(c3ccccc13)-c1ccc(N(c3ccc([Si](C)(C)C)cc3)c3ccc([Si](C)(C)C)cc3)cc1C2(C)C. The number of fused-ring (bicyclic) bond motifs is 8. The molecule has 1 aromatic heterocycles. The molecular formula is C56H54N2Si2. The van der Waals surface area contributed by atoms with Crippen LogP contribution >= 0.6 is 0 Å². The second-order valence-corrected chi connectivity index (χ2v) is 29.8. The Morgan fingerprint density at radius 2 is 1.00 bits per heavy atom. The maximum Gasteiger partial charge on any atom is 0.0775 e. The molecule has 0 unspecified atom stereocenters. The van der Waals surface area contributed by atoms with Gasteiger partial charge in [0.1, 0.15) is 0 Å². The van der Waals surface area contributed by atoms with E-state index in [0.717, 1.165) is 0 Å². The van der Waals surface area contributed by atoms with E-state index in [1.165, 1.54) is 105 Å². The highest BCUT2D eigenvalue weighted by Gasteiger charge is 2.38. The van der Waals surface area contributed by atoms with Crippen molar-refractivity contribution in [1.82, 2.24) is 4.57 Å². The lowest BCUT2D eigenvalue weighted by molar-refractivity contribution is 0.660. The minimum Gasteiger partial charge on any atom is -0.310 e. The first-order valence-electron chi connectivity index (χ1n) is 21.5. The molecule has 0 fully saturated rings. The molecule has 1 heterocycles. The molecule has 8 aromatic carbocycles. The fourth-order valence-electron chi connectivity index (χ4n) is 9.75. The van der Waals surface area contributed by atoms with Crippen molar-refractivity contribution in [2.24, 2.45) is 0 Å². The van der Waals surface area contributed by atoms with E-state index < -0.39 is 16.1 Å². The topological polar surface area (TPSA) is 8.17 Å². The van der Waals surface area contributed by atoms with Crippen LogP contribution in [-0.2, 0) is 5.41 Å². The standard InChI is InChI=1S/C56H54N2Si2/c1-37-19-31-52-48(33-37)49-34-39(38-15-11-10-12-16-38)20-32-53(49)58(52)54-36-51-55(46-18-14-13-17-45(46)54)47-30-25-42(35-50(47)56(51,2)3)57(40-21-26-43(27-22-40)59(4,5)6)41-23-28-44(29-24-41)60(7,8)9/h10-36H,1-9H3. The van der Waals surface area contributed by atoms with Crippen LogP contribution in [0.5, 0.6) is 0 Å². The molecule has 1 aliphatic rings. The highest BCUT2D eigenvalue weighted by atomic mass is 28.3. The molecule has 0 bridgehead atoms. The van der Waals surface area contributed by atoms with Gasteiger partial charge in [-0.15, -0.1) is 0 Å². The van der Waals surface area contributed by atoms with E-state index in [-0.39, 0.29) is 5.41 Å². The molecule has 0 saturated carbocycles. The zero-order valence-corrected chi connectivity index (χ0v) is 38.5. The summed E-state index contributed by atoms with van der Waals surface area (Å²) in [6.07, 6.45) is 0. The lowest BCUT2D eigenvalue weighted by Gasteiger charge is -2.29. The van der Waals surface area contributed by atoms with Gasteiger partial charge in [0.2, 0.25) is 0 Å². The largest absolute Gasteiger partial charge is 0.310 e. The quantitative estimate of drug-likeness (QED) is 0.146. The number of anilines is 3. The minimum absolute atomic E-state index is 0.246. The van der Waals surface area contributed by atoms with Crippen LogP contribution < -0.4 is 15.3 Å². The van der Waals surface area contributed by atoms with Gasteiger partial charge in [0.05, 0.1) is 32.9 Å². The predicted octanol–water partition coefficient (Wildman–Crippen LogP) is 14.8. The zero-order valence-electron chi connectivity index (χ0n) is 36.5. The average Bonchev–Trinajstić information content (AvgIpc) is 3.67. The summed E-state index contributed by atoms with van der Waals surface area (Å²) in [6.45, 7) is 21.6. The molecule has 0 radical (unpaired) electrons. The molecule has 9 aromatic rings. The van der Waals surface area contributed by atoms with Crippen molar-refractivity contribution in [3.63, 3.8) is 0 Å². The van der Waals surface area contributed by atoms with Crippen molar-refractivity contribution in [1.29, 1.82) is 0 Å². The Hall–Kier alpha value is -5.95. The van der Waals surface area contributed by atoms with E-state index in [1.54, 1.807) is 0 Å². The van der Waals surface area contributed by atoms with Gasteiger partial charge in [-0.05, 0) is 112 Å². The van der Waals surface area contributed by atoms with Crippen LogP contribution in [0, 0.1) is 6.92 Å². The molecule has 0 amide bonds. The van der Waals surface area contributed by atoms with Crippen LogP contribution in [0.3, 0.4) is 0 Å². The van der Waals surface area contributed by atoms with Gasteiger partial charge in [-0.3, -0.25) is 0 Å². The second-order valence-electron chi connectivity index (χ2n) is 19.6. The molecule has 4 heteroatoms. The van der Waals surface area contributed by atoms with E-state index in [9.17, 15) is 0 Å². The molecule has 1 aliphatic carbocycles. The lowest BCUT2D eigenvalue weighted by Crippen LogP contribution is -2.37. The molecule has 2 nitrogen and oxygen atoms in total. The first-order chi connectivity index (χ1) is 28.7. The second kappa shape index (κ2) is 13.8. The van der Waals surface area contributed by atoms with E-state index in [0.29, 0.717) is 0 Å². The number of hydrogen-bond acceptors (Lipinski definition) is 1. The smallest absolute Gasteiger partial charge is 0.0775 e. The van der Waals surface area contributed by atoms with E-state index in [4.69, 9.17) is 0 Å². The summed E-state index contributed by atoms with van der Waals surface area (Å²) in [5.41, 5.74) is 16.2. The van der Waals surface area contributed by atoms with Crippen LogP contribution in [0.4, 0.5) is 17.1 Å². The fourth-order valence-corrected chi connectivity index (χ4v) is 12.1. The monoisotopic (exact) mass is 810 g/mol. The van der Waals surface area contributed by atoms with Crippen LogP contribution in [0.15, 0.2) is 164 Å². The van der Waals surface area contributed by atoms with Gasteiger partial charge >= 0.3 is 0 Å². The number of hydrogen-bond donors (Lipinski definition) is 0. The van der Waals surface area contributed by atoms with Gasteiger partial charge in [-0.2, -0.15) is 0 Å². The van der Waals surface area contributed by atoms with E-state index in [1.807, 2.05) is 0 Å². The Morgan fingerprint density at radius 1 is 0.450 bits per heavy atom. The summed E-state index contributed by atoms with van der Waals surface area (Å²) in [6, 6.07) is 62.4. The molecule has 0 N–H and O–H groups in total. The highest BCUT2D eigenvalue weighted by molar-refractivity contribution is 6.89. The maximum absolute atomic E-state index is 2.53. The number of rotatable bonds is 7. The van der Waals surface area contributed by atoms with Crippen molar-refractivity contribution in [2.45, 2.75) is 65.5 Å². The zero-order chi connectivity index (χ0) is 41.7. The van der Waals surface area contributed by atoms with Gasteiger partial charge in [0.15, 0.2) is 0 Å². The van der Waals surface area contributed by atoms with Crippen LogP contribution in [0.2, 0.25) is 39.3 Å². The maximum atomic E-state index is 2.53. The van der Waals surface area contributed by atoms with Gasteiger partial charge < -0.3 is 9.47 Å². The fraction of sp³-hybridized carbons (Fsp3) is 0.179. The van der Waals surface area contributed by atoms with Crippen LogP contribution in [0.1, 0.15) is 30.5 Å². The Labute approximate surface area is 357 Å². The number of benzene rings is 8. The third kappa shape index (κ3) is 6.19. The molecule has 0 saturated heterocycles. The summed E-state index contributed by atoms with van der Waals surface area (Å²) < 4.78 is 2.53. The lowest BCUT2D eigenvalue weighted by atomic mass is 9.81. The van der Waals surface area contributed by atoms with Crippen molar-refractivity contribution in [3.8, 4) is 27.9 Å². The molecule has 60 heavy (non-hydrogen) atoms. The first-order valence-corrected chi connectivity index (χ1v) is 28.5. The summed E-state index contributed by atoms with van der Waals surface area (Å²) in [5, 5.41) is 8.08.